The van der Waals surface area contributed by atoms with Gasteiger partial charge in [0, 0.05) is 18.6 Å². The number of aromatic nitrogens is 2. The van der Waals surface area contributed by atoms with E-state index in [2.05, 4.69) is 30.2 Å². The van der Waals surface area contributed by atoms with Gasteiger partial charge in [0.15, 0.2) is 0 Å². The average Bonchev–Trinajstić information content (AvgIpc) is 2.44. The van der Waals surface area contributed by atoms with Crippen molar-refractivity contribution in [1.29, 1.82) is 0 Å². The molecule has 0 saturated carbocycles. The van der Waals surface area contributed by atoms with Gasteiger partial charge in [-0.15, -0.1) is 0 Å². The lowest BCUT2D eigenvalue weighted by atomic mass is 10.1. The highest BCUT2D eigenvalue weighted by atomic mass is 15.2. The number of rotatable bonds is 2. The minimum absolute atomic E-state index is 1.11. The fraction of sp³-hybridized carbons (Fsp3) is 0.364. The molecule has 2 aromatic rings. The van der Waals surface area contributed by atoms with E-state index in [4.69, 9.17) is 0 Å². The highest BCUT2D eigenvalue weighted by Crippen LogP contribution is 2.14. The van der Waals surface area contributed by atoms with Crippen molar-refractivity contribution in [2.45, 2.75) is 19.8 Å². The predicted octanol–water partition coefficient (Wildman–Crippen LogP) is 2.53. The Kier molecular flexibility index (Phi) is 2.05. The van der Waals surface area contributed by atoms with Crippen LogP contribution in [0.3, 0.4) is 0 Å². The van der Waals surface area contributed by atoms with E-state index in [0.717, 1.165) is 11.9 Å². The molecule has 2 rings (SSSR count). The molecule has 0 atom stereocenters. The second-order valence-electron chi connectivity index (χ2n) is 3.45. The van der Waals surface area contributed by atoms with Crippen LogP contribution in [-0.2, 0) is 13.5 Å². The molecule has 0 radical (unpaired) electrons. The van der Waals surface area contributed by atoms with E-state index in [9.17, 15) is 0 Å². The summed E-state index contributed by atoms with van der Waals surface area (Å²) >= 11 is 0. The fourth-order valence-corrected chi connectivity index (χ4v) is 1.63. The maximum atomic E-state index is 4.37. The monoisotopic (exact) mass is 174 g/mol. The molecular weight excluding hydrogens is 160 g/mol. The third kappa shape index (κ3) is 1.57. The third-order valence-corrected chi connectivity index (χ3v) is 2.22. The van der Waals surface area contributed by atoms with Crippen molar-refractivity contribution in [3.05, 3.63) is 30.0 Å². The molecule has 2 heteroatoms. The van der Waals surface area contributed by atoms with Crippen molar-refractivity contribution in [1.82, 2.24) is 9.78 Å². The summed E-state index contributed by atoms with van der Waals surface area (Å²) in [5.74, 6) is 0. The molecule has 1 heterocycles. The summed E-state index contributed by atoms with van der Waals surface area (Å²) in [6.45, 7) is 2.20. The van der Waals surface area contributed by atoms with Gasteiger partial charge < -0.3 is 0 Å². The Morgan fingerprint density at radius 3 is 3.00 bits per heavy atom. The molecule has 0 saturated heterocycles. The van der Waals surface area contributed by atoms with Crippen LogP contribution in [-0.4, -0.2) is 9.78 Å². The van der Waals surface area contributed by atoms with Crippen LogP contribution in [0, 0.1) is 0 Å². The molecule has 0 spiro atoms. The lowest BCUT2D eigenvalue weighted by Gasteiger charge is -1.96. The molecule has 0 aliphatic carbocycles. The molecule has 2 nitrogen and oxygen atoms in total. The van der Waals surface area contributed by atoms with Crippen molar-refractivity contribution < 1.29 is 0 Å². The molecule has 1 aromatic heterocycles. The van der Waals surface area contributed by atoms with Crippen molar-refractivity contribution >= 4 is 10.9 Å². The number of nitrogens with zero attached hydrogens (tertiary/aromatic N) is 2. The fourth-order valence-electron chi connectivity index (χ4n) is 1.63. The van der Waals surface area contributed by atoms with Gasteiger partial charge >= 0.3 is 0 Å². The third-order valence-electron chi connectivity index (χ3n) is 2.22. The zero-order valence-electron chi connectivity index (χ0n) is 8.12. The molecule has 13 heavy (non-hydrogen) atoms. The summed E-state index contributed by atoms with van der Waals surface area (Å²) in [5, 5.41) is 5.60. The van der Waals surface area contributed by atoms with Crippen molar-refractivity contribution in [3.63, 3.8) is 0 Å². The topological polar surface area (TPSA) is 17.8 Å². The summed E-state index contributed by atoms with van der Waals surface area (Å²) in [4.78, 5) is 0. The standard InChI is InChI=1S/C11H14N2/c1-3-4-9-5-6-10-8-13(2)12-11(10)7-9/h5-8H,3-4H2,1-2H3. The summed E-state index contributed by atoms with van der Waals surface area (Å²) in [7, 11) is 1.96. The highest BCUT2D eigenvalue weighted by Gasteiger charge is 1.98. The minimum atomic E-state index is 1.11. The largest absolute Gasteiger partial charge is 0.275 e. The number of hydrogen-bond acceptors (Lipinski definition) is 1. The maximum absolute atomic E-state index is 4.37. The molecule has 1 aromatic carbocycles. The predicted molar refractivity (Wildman–Crippen MR) is 54.7 cm³/mol. The zero-order valence-corrected chi connectivity index (χ0v) is 8.12. The van der Waals surface area contributed by atoms with Gasteiger partial charge in [-0.3, -0.25) is 4.68 Å². The van der Waals surface area contributed by atoms with Crippen LogP contribution in [0.5, 0.6) is 0 Å². The first-order valence-corrected chi connectivity index (χ1v) is 4.72. The molecule has 0 aliphatic heterocycles. The Balaban J connectivity index is 2.48. The van der Waals surface area contributed by atoms with E-state index >= 15 is 0 Å². The quantitative estimate of drug-likeness (QED) is 0.684. The van der Waals surface area contributed by atoms with Crippen LogP contribution < -0.4 is 0 Å². The van der Waals surface area contributed by atoms with Gasteiger partial charge in [0.05, 0.1) is 5.52 Å². The van der Waals surface area contributed by atoms with Gasteiger partial charge in [0.25, 0.3) is 0 Å². The van der Waals surface area contributed by atoms with E-state index < -0.39 is 0 Å². The average molecular weight is 174 g/mol. The van der Waals surface area contributed by atoms with Crippen LogP contribution in [0.2, 0.25) is 0 Å². The van der Waals surface area contributed by atoms with Crippen LogP contribution in [0.4, 0.5) is 0 Å². The van der Waals surface area contributed by atoms with E-state index in [1.54, 1.807) is 0 Å². The van der Waals surface area contributed by atoms with Gasteiger partial charge in [-0.1, -0.05) is 25.5 Å². The van der Waals surface area contributed by atoms with Gasteiger partial charge in [-0.05, 0) is 18.1 Å². The number of hydrogen-bond donors (Lipinski definition) is 0. The lowest BCUT2D eigenvalue weighted by Crippen LogP contribution is -1.85. The van der Waals surface area contributed by atoms with Crippen LogP contribution in [0.25, 0.3) is 10.9 Å². The van der Waals surface area contributed by atoms with Crippen LogP contribution in [0.15, 0.2) is 24.4 Å². The first kappa shape index (κ1) is 8.30. The summed E-state index contributed by atoms with van der Waals surface area (Å²) in [6, 6.07) is 6.51. The Labute approximate surface area is 78.2 Å². The van der Waals surface area contributed by atoms with Crippen molar-refractivity contribution in [2.75, 3.05) is 0 Å². The Bertz CT molecular complexity index is 415. The van der Waals surface area contributed by atoms with E-state index in [1.165, 1.54) is 17.4 Å². The maximum Gasteiger partial charge on any atom is 0.0925 e. The molecular formula is C11H14N2. The normalized spacial score (nSPS) is 10.9. The summed E-state index contributed by atoms with van der Waals surface area (Å²) in [6.07, 6.45) is 4.38. The Morgan fingerprint density at radius 2 is 2.23 bits per heavy atom. The molecule has 0 aliphatic rings. The number of fused-ring (bicyclic) bond motifs is 1. The van der Waals surface area contributed by atoms with Gasteiger partial charge in [0.2, 0.25) is 0 Å². The van der Waals surface area contributed by atoms with E-state index in [-0.39, 0.29) is 0 Å². The Morgan fingerprint density at radius 1 is 1.38 bits per heavy atom. The molecule has 0 N–H and O–H groups in total. The lowest BCUT2D eigenvalue weighted by molar-refractivity contribution is 0.779. The second kappa shape index (κ2) is 3.21. The highest BCUT2D eigenvalue weighted by molar-refractivity contribution is 5.78. The number of benzene rings is 1. The first-order valence-electron chi connectivity index (χ1n) is 4.72. The van der Waals surface area contributed by atoms with Gasteiger partial charge in [-0.2, -0.15) is 5.10 Å². The minimum Gasteiger partial charge on any atom is -0.275 e. The van der Waals surface area contributed by atoms with E-state index in [1.807, 2.05) is 17.9 Å². The Hall–Kier alpha value is -1.31. The summed E-state index contributed by atoms with van der Waals surface area (Å²) in [5.41, 5.74) is 2.49. The summed E-state index contributed by atoms with van der Waals surface area (Å²) < 4.78 is 1.86. The van der Waals surface area contributed by atoms with E-state index in [0.29, 0.717) is 0 Å². The van der Waals surface area contributed by atoms with Crippen molar-refractivity contribution in [3.8, 4) is 0 Å². The molecule has 0 amide bonds. The molecule has 0 fully saturated rings. The van der Waals surface area contributed by atoms with Gasteiger partial charge in [0.1, 0.15) is 0 Å². The SMILES string of the molecule is CCCc1ccc2cn(C)nc2c1. The molecule has 68 valence electrons. The van der Waals surface area contributed by atoms with Crippen molar-refractivity contribution in [2.24, 2.45) is 7.05 Å². The second-order valence-corrected chi connectivity index (χ2v) is 3.45. The van der Waals surface area contributed by atoms with Crippen LogP contribution in [0.1, 0.15) is 18.9 Å². The molecule has 0 unspecified atom stereocenters. The van der Waals surface area contributed by atoms with Crippen LogP contribution >= 0.6 is 0 Å². The first-order chi connectivity index (χ1) is 6.29. The zero-order chi connectivity index (χ0) is 9.26. The smallest absolute Gasteiger partial charge is 0.0925 e. The number of aryl methyl sites for hydroxylation is 2. The van der Waals surface area contributed by atoms with Gasteiger partial charge in [-0.25, -0.2) is 0 Å². The molecule has 0 bridgehead atoms.